The van der Waals surface area contributed by atoms with Gasteiger partial charge in [0.15, 0.2) is 0 Å². The average Bonchev–Trinajstić information content (AvgIpc) is 3.26. The average molecular weight is 492 g/mol. The van der Waals surface area contributed by atoms with Gasteiger partial charge in [-0.2, -0.15) is 5.26 Å². The van der Waals surface area contributed by atoms with Gasteiger partial charge in [0.2, 0.25) is 0 Å². The molecule has 10 heteroatoms. The summed E-state index contributed by atoms with van der Waals surface area (Å²) in [5.74, 6) is 0.744. The summed E-state index contributed by atoms with van der Waals surface area (Å²) in [5.41, 5.74) is 16.8. The first-order chi connectivity index (χ1) is 16.9. The van der Waals surface area contributed by atoms with E-state index in [2.05, 4.69) is 20.9 Å². The third-order valence-corrected chi connectivity index (χ3v) is 6.47. The van der Waals surface area contributed by atoms with E-state index in [4.69, 9.17) is 32.8 Å². The number of hydrogen-bond acceptors (Lipinski definition) is 7. The second kappa shape index (κ2) is 9.06. The Morgan fingerprint density at radius 3 is 2.69 bits per heavy atom. The minimum atomic E-state index is -0.449. The van der Waals surface area contributed by atoms with Gasteiger partial charge in [0.05, 0.1) is 35.5 Å². The van der Waals surface area contributed by atoms with Gasteiger partial charge in [0.1, 0.15) is 28.7 Å². The predicted octanol–water partition coefficient (Wildman–Crippen LogP) is 4.47. The van der Waals surface area contributed by atoms with Crippen LogP contribution in [-0.2, 0) is 0 Å². The topological polar surface area (TPSA) is 130 Å². The molecule has 0 unspecified atom stereocenters. The standard InChI is InChI=1S/C25H23ClFN7O/c1-35-20-7-13(11-28)6-19-22(20)33-25(32-19)21-23(34-4-2-17(29)3-5-34)18(12-31-24(21)30)14-8-15(26)10-16(27)9-14/h6-10,12,17H,2-5,29H2,1H3,(H2,30,31)(H,32,33). The number of rotatable bonds is 4. The van der Waals surface area contributed by atoms with Gasteiger partial charge in [-0.1, -0.05) is 11.6 Å². The number of benzene rings is 2. The lowest BCUT2D eigenvalue weighted by Gasteiger charge is -2.34. The van der Waals surface area contributed by atoms with Crippen LogP contribution >= 0.6 is 11.6 Å². The van der Waals surface area contributed by atoms with Crippen LogP contribution in [-0.4, -0.2) is 41.2 Å². The Morgan fingerprint density at radius 1 is 1.23 bits per heavy atom. The molecule has 4 aromatic rings. The number of aromatic amines is 1. The van der Waals surface area contributed by atoms with Gasteiger partial charge in [-0.15, -0.1) is 0 Å². The molecule has 2 aromatic heterocycles. The molecular formula is C25H23ClFN7O. The Kier molecular flexibility index (Phi) is 5.93. The number of H-pyrrole nitrogens is 1. The first kappa shape index (κ1) is 22.9. The largest absolute Gasteiger partial charge is 0.494 e. The zero-order valence-electron chi connectivity index (χ0n) is 19.0. The molecule has 0 amide bonds. The Morgan fingerprint density at radius 2 is 2.00 bits per heavy atom. The maximum atomic E-state index is 14.3. The molecular weight excluding hydrogens is 469 g/mol. The van der Waals surface area contributed by atoms with E-state index in [0.717, 1.165) is 18.5 Å². The van der Waals surface area contributed by atoms with Crippen molar-refractivity contribution in [1.82, 2.24) is 15.0 Å². The lowest BCUT2D eigenvalue weighted by atomic mass is 9.97. The monoisotopic (exact) mass is 491 g/mol. The number of nitrogens with two attached hydrogens (primary N) is 2. The lowest BCUT2D eigenvalue weighted by molar-refractivity contribution is 0.419. The molecule has 35 heavy (non-hydrogen) atoms. The van der Waals surface area contributed by atoms with Gasteiger partial charge >= 0.3 is 0 Å². The van der Waals surface area contributed by atoms with Crippen molar-refractivity contribution in [1.29, 1.82) is 5.26 Å². The molecule has 0 saturated carbocycles. The van der Waals surface area contributed by atoms with Gasteiger partial charge in [-0.05, 0) is 42.7 Å². The van der Waals surface area contributed by atoms with Gasteiger partial charge in [0, 0.05) is 42.0 Å². The molecule has 3 heterocycles. The zero-order chi connectivity index (χ0) is 24.7. The van der Waals surface area contributed by atoms with Crippen LogP contribution in [0.2, 0.25) is 5.02 Å². The molecule has 1 aliphatic rings. The van der Waals surface area contributed by atoms with Crippen LogP contribution in [0.1, 0.15) is 18.4 Å². The Bertz CT molecular complexity index is 1450. The summed E-state index contributed by atoms with van der Waals surface area (Å²) < 4.78 is 19.8. The van der Waals surface area contributed by atoms with Crippen molar-refractivity contribution < 1.29 is 9.13 Å². The van der Waals surface area contributed by atoms with E-state index in [1.807, 2.05) is 0 Å². The number of aromatic nitrogens is 3. The smallest absolute Gasteiger partial charge is 0.148 e. The molecule has 1 fully saturated rings. The van der Waals surface area contributed by atoms with Crippen LogP contribution < -0.4 is 21.1 Å². The van der Waals surface area contributed by atoms with E-state index in [9.17, 15) is 9.65 Å². The van der Waals surface area contributed by atoms with Gasteiger partial charge in [0.25, 0.3) is 0 Å². The number of methoxy groups -OCH3 is 1. The van der Waals surface area contributed by atoms with Crippen LogP contribution in [0, 0.1) is 17.1 Å². The minimum absolute atomic E-state index is 0.112. The number of pyridine rings is 1. The van der Waals surface area contributed by atoms with Gasteiger partial charge in [-0.25, -0.2) is 14.4 Å². The fraction of sp³-hybridized carbons (Fsp3) is 0.240. The molecule has 0 aliphatic carbocycles. The minimum Gasteiger partial charge on any atom is -0.494 e. The molecule has 0 radical (unpaired) electrons. The number of nitrogen functional groups attached to an aromatic ring is 1. The van der Waals surface area contributed by atoms with E-state index in [1.165, 1.54) is 19.2 Å². The van der Waals surface area contributed by atoms with Crippen LogP contribution in [0.5, 0.6) is 5.75 Å². The Balaban J connectivity index is 1.78. The first-order valence-corrected chi connectivity index (χ1v) is 11.5. The molecule has 178 valence electrons. The number of hydrogen-bond donors (Lipinski definition) is 3. The lowest BCUT2D eigenvalue weighted by Crippen LogP contribution is -2.40. The number of ether oxygens (including phenoxy) is 1. The summed E-state index contributed by atoms with van der Waals surface area (Å²) >= 11 is 6.19. The molecule has 2 aromatic carbocycles. The van der Waals surface area contributed by atoms with E-state index >= 15 is 0 Å². The third-order valence-electron chi connectivity index (χ3n) is 6.25. The second-order valence-corrected chi connectivity index (χ2v) is 8.97. The molecule has 1 aliphatic heterocycles. The molecule has 0 bridgehead atoms. The number of anilines is 2. The van der Waals surface area contributed by atoms with E-state index in [0.29, 0.717) is 58.0 Å². The highest BCUT2D eigenvalue weighted by atomic mass is 35.5. The first-order valence-electron chi connectivity index (χ1n) is 11.1. The van der Waals surface area contributed by atoms with Gasteiger partial charge in [-0.3, -0.25) is 0 Å². The number of piperidine rings is 1. The van der Waals surface area contributed by atoms with Crippen molar-refractivity contribution in [3.05, 3.63) is 52.9 Å². The Hall–Kier alpha value is -3.87. The summed E-state index contributed by atoms with van der Waals surface area (Å²) in [5, 5.41) is 9.68. The van der Waals surface area contributed by atoms with Crippen molar-refractivity contribution >= 4 is 34.1 Å². The zero-order valence-corrected chi connectivity index (χ0v) is 19.7. The quantitative estimate of drug-likeness (QED) is 0.384. The fourth-order valence-electron chi connectivity index (χ4n) is 4.55. The number of halogens is 2. The fourth-order valence-corrected chi connectivity index (χ4v) is 4.77. The highest BCUT2D eigenvalue weighted by Crippen LogP contribution is 2.43. The molecule has 5 rings (SSSR count). The molecule has 0 spiro atoms. The van der Waals surface area contributed by atoms with Crippen molar-refractivity contribution in [2.75, 3.05) is 30.8 Å². The number of imidazole rings is 1. The van der Waals surface area contributed by atoms with Crippen LogP contribution in [0.4, 0.5) is 15.9 Å². The van der Waals surface area contributed by atoms with Crippen molar-refractivity contribution in [2.45, 2.75) is 18.9 Å². The number of nitrogens with zero attached hydrogens (tertiary/aromatic N) is 4. The maximum absolute atomic E-state index is 14.3. The highest BCUT2D eigenvalue weighted by Gasteiger charge is 2.27. The second-order valence-electron chi connectivity index (χ2n) is 8.54. The third kappa shape index (κ3) is 4.22. The number of fused-ring (bicyclic) bond motifs is 1. The Labute approximate surface area is 206 Å². The van der Waals surface area contributed by atoms with E-state index < -0.39 is 5.82 Å². The summed E-state index contributed by atoms with van der Waals surface area (Å²) in [4.78, 5) is 14.6. The predicted molar refractivity (Wildman–Crippen MR) is 135 cm³/mol. The summed E-state index contributed by atoms with van der Waals surface area (Å²) in [6.45, 7) is 1.38. The molecule has 0 atom stereocenters. The van der Waals surface area contributed by atoms with E-state index in [1.54, 1.807) is 24.4 Å². The number of nitrogens with one attached hydrogen (secondary N) is 1. The van der Waals surface area contributed by atoms with Crippen LogP contribution in [0.25, 0.3) is 33.5 Å². The van der Waals surface area contributed by atoms with Gasteiger partial charge < -0.3 is 26.1 Å². The molecule has 1 saturated heterocycles. The highest BCUT2D eigenvalue weighted by molar-refractivity contribution is 6.30. The summed E-state index contributed by atoms with van der Waals surface area (Å²) in [6.07, 6.45) is 3.22. The molecule has 5 N–H and O–H groups in total. The van der Waals surface area contributed by atoms with Crippen molar-refractivity contribution in [3.63, 3.8) is 0 Å². The maximum Gasteiger partial charge on any atom is 0.148 e. The summed E-state index contributed by atoms with van der Waals surface area (Å²) in [6, 6.07) is 9.95. The van der Waals surface area contributed by atoms with Crippen LogP contribution in [0.3, 0.4) is 0 Å². The van der Waals surface area contributed by atoms with Crippen LogP contribution in [0.15, 0.2) is 36.5 Å². The summed E-state index contributed by atoms with van der Waals surface area (Å²) in [7, 11) is 1.52. The SMILES string of the molecule is COc1cc(C#N)cc2[nH]c(-c3c(N)ncc(-c4cc(F)cc(Cl)c4)c3N3CCC(N)CC3)nc12. The number of nitriles is 1. The van der Waals surface area contributed by atoms with Crippen molar-refractivity contribution in [3.8, 4) is 34.3 Å². The normalized spacial score (nSPS) is 14.3. The molecule has 8 nitrogen and oxygen atoms in total. The van der Waals surface area contributed by atoms with E-state index in [-0.39, 0.29) is 16.9 Å². The van der Waals surface area contributed by atoms with Crippen molar-refractivity contribution in [2.24, 2.45) is 5.73 Å².